The molecule has 1 saturated carbocycles. The van der Waals surface area contributed by atoms with Crippen molar-refractivity contribution >= 4 is 17.9 Å². The minimum absolute atomic E-state index is 0.0291. The maximum absolute atomic E-state index is 12.2. The summed E-state index contributed by atoms with van der Waals surface area (Å²) in [6.07, 6.45) is 4.36. The monoisotopic (exact) mass is 306 g/mol. The summed E-state index contributed by atoms with van der Waals surface area (Å²) in [5.41, 5.74) is 0.740. The topological polar surface area (TPSA) is 78.9 Å². The minimum atomic E-state index is -0.522. The molecule has 22 heavy (non-hydrogen) atoms. The van der Waals surface area contributed by atoms with E-state index in [1.807, 2.05) is 12.2 Å². The van der Waals surface area contributed by atoms with Gasteiger partial charge in [-0.1, -0.05) is 12.2 Å². The van der Waals surface area contributed by atoms with Gasteiger partial charge in [-0.2, -0.15) is 0 Å². The third-order valence-corrected chi connectivity index (χ3v) is 4.91. The lowest BCUT2D eigenvalue weighted by atomic mass is 9.50. The summed E-state index contributed by atoms with van der Waals surface area (Å²) >= 11 is 0. The molecule has 0 saturated heterocycles. The lowest BCUT2D eigenvalue weighted by molar-refractivity contribution is -0.168. The van der Waals surface area contributed by atoms with Crippen molar-refractivity contribution < 1.29 is 28.6 Å². The maximum atomic E-state index is 12.2. The first-order valence-corrected chi connectivity index (χ1v) is 7.25. The molecule has 118 valence electrons. The van der Waals surface area contributed by atoms with Crippen LogP contribution in [0.5, 0.6) is 0 Å². The van der Waals surface area contributed by atoms with Crippen LogP contribution in [-0.2, 0) is 28.6 Å². The van der Waals surface area contributed by atoms with Crippen molar-refractivity contribution in [1.82, 2.24) is 0 Å². The molecule has 0 spiro atoms. The molecule has 0 heterocycles. The van der Waals surface area contributed by atoms with E-state index in [0.717, 1.165) is 0 Å². The largest absolute Gasteiger partial charge is 0.466 e. The molecule has 0 aromatic carbocycles. The molecule has 2 bridgehead atoms. The average Bonchev–Trinajstić information content (AvgIpc) is 2.49. The van der Waals surface area contributed by atoms with Gasteiger partial charge in [-0.05, 0) is 12.3 Å². The lowest BCUT2D eigenvalue weighted by Gasteiger charge is -2.55. The van der Waals surface area contributed by atoms with E-state index in [1.54, 1.807) is 0 Å². The average molecular weight is 306 g/mol. The van der Waals surface area contributed by atoms with Crippen molar-refractivity contribution in [1.29, 1.82) is 0 Å². The molecule has 1 fully saturated rings. The molecule has 0 amide bonds. The molecule has 6 nitrogen and oxygen atoms in total. The van der Waals surface area contributed by atoms with Crippen molar-refractivity contribution in [2.24, 2.45) is 23.7 Å². The molecule has 0 N–H and O–H groups in total. The molecule has 4 aliphatic rings. The van der Waals surface area contributed by atoms with E-state index in [9.17, 15) is 14.4 Å². The minimum Gasteiger partial charge on any atom is -0.466 e. The van der Waals surface area contributed by atoms with Gasteiger partial charge in [-0.15, -0.1) is 0 Å². The number of hydrogen-bond donors (Lipinski definition) is 0. The van der Waals surface area contributed by atoms with Crippen LogP contribution < -0.4 is 0 Å². The molecule has 4 aliphatic carbocycles. The molecule has 0 aliphatic heterocycles. The summed E-state index contributed by atoms with van der Waals surface area (Å²) in [4.78, 5) is 35.5. The smallest absolute Gasteiger partial charge is 0.334 e. The Kier molecular flexibility index (Phi) is 3.54. The quantitative estimate of drug-likeness (QED) is 0.440. The number of carbonyl (C=O) groups is 3. The summed E-state index contributed by atoms with van der Waals surface area (Å²) in [6, 6.07) is 0. The maximum Gasteiger partial charge on any atom is 0.334 e. The standard InChI is InChI=1S/C16H18O6/c1-7(17)22-11-6-10-8-4-5-9(12(10)11)14(16(19)21-3)13(8)15(18)20-2/h4-5,8-12H,6H2,1-3H3/t8-,9-,10+,11-,12-/m0/s1. The fourth-order valence-corrected chi connectivity index (χ4v) is 4.07. The van der Waals surface area contributed by atoms with Crippen LogP contribution in [0.4, 0.5) is 0 Å². The molecule has 0 aromatic heterocycles. The Balaban J connectivity index is 2.00. The fraction of sp³-hybridized carbons (Fsp3) is 0.562. The second kappa shape index (κ2) is 5.26. The molecule has 5 atom stereocenters. The highest BCUT2D eigenvalue weighted by Crippen LogP contribution is 2.58. The van der Waals surface area contributed by atoms with Crippen LogP contribution in [0.3, 0.4) is 0 Å². The first-order chi connectivity index (χ1) is 10.5. The Bertz CT molecular complexity index is 602. The van der Waals surface area contributed by atoms with Gasteiger partial charge in [-0.25, -0.2) is 9.59 Å². The van der Waals surface area contributed by atoms with Gasteiger partial charge in [0.2, 0.25) is 0 Å². The molecular formula is C16H18O6. The summed E-state index contributed by atoms with van der Waals surface area (Å²) in [7, 11) is 2.59. The number of ether oxygens (including phenoxy) is 3. The number of methoxy groups -OCH3 is 2. The predicted octanol–water partition coefficient (Wildman–Crippen LogP) is 1.01. The van der Waals surface area contributed by atoms with Gasteiger partial charge < -0.3 is 14.2 Å². The van der Waals surface area contributed by atoms with E-state index in [1.165, 1.54) is 21.1 Å². The van der Waals surface area contributed by atoms with Gasteiger partial charge >= 0.3 is 17.9 Å². The Hall–Kier alpha value is -2.11. The van der Waals surface area contributed by atoms with Crippen LogP contribution in [0, 0.1) is 23.7 Å². The summed E-state index contributed by atoms with van der Waals surface area (Å²) < 4.78 is 15.0. The third kappa shape index (κ3) is 1.97. The summed E-state index contributed by atoms with van der Waals surface area (Å²) in [5, 5.41) is 0. The van der Waals surface area contributed by atoms with Gasteiger partial charge in [0.25, 0.3) is 0 Å². The summed E-state index contributed by atoms with van der Waals surface area (Å²) in [5.74, 6) is -1.56. The van der Waals surface area contributed by atoms with Crippen LogP contribution in [0.25, 0.3) is 0 Å². The van der Waals surface area contributed by atoms with E-state index in [-0.39, 0.29) is 35.7 Å². The molecule has 0 aromatic rings. The number of esters is 3. The molecule has 6 heteroatoms. The van der Waals surface area contributed by atoms with Crippen LogP contribution in [0.15, 0.2) is 23.3 Å². The van der Waals surface area contributed by atoms with Crippen LogP contribution in [0.2, 0.25) is 0 Å². The molecule has 0 radical (unpaired) electrons. The van der Waals surface area contributed by atoms with Gasteiger partial charge in [0.05, 0.1) is 25.4 Å². The van der Waals surface area contributed by atoms with Gasteiger partial charge in [-0.3, -0.25) is 4.79 Å². The Morgan fingerprint density at radius 2 is 1.55 bits per heavy atom. The van der Waals surface area contributed by atoms with Crippen molar-refractivity contribution in [2.45, 2.75) is 19.4 Å². The predicted molar refractivity (Wildman–Crippen MR) is 74.3 cm³/mol. The highest BCUT2D eigenvalue weighted by Gasteiger charge is 2.59. The normalized spacial score (nSPS) is 34.6. The first kappa shape index (κ1) is 14.8. The zero-order chi connectivity index (χ0) is 16.0. The zero-order valence-electron chi connectivity index (χ0n) is 12.7. The van der Waals surface area contributed by atoms with E-state index >= 15 is 0 Å². The van der Waals surface area contributed by atoms with E-state index in [4.69, 9.17) is 14.2 Å². The highest BCUT2D eigenvalue weighted by molar-refractivity contribution is 6.02. The van der Waals surface area contributed by atoms with Crippen molar-refractivity contribution in [3.63, 3.8) is 0 Å². The molecule has 0 unspecified atom stereocenters. The first-order valence-electron chi connectivity index (χ1n) is 7.25. The second-order valence-corrected chi connectivity index (χ2v) is 5.87. The number of allylic oxidation sites excluding steroid dienone is 2. The highest BCUT2D eigenvalue weighted by atomic mass is 16.5. The van der Waals surface area contributed by atoms with Crippen LogP contribution >= 0.6 is 0 Å². The fourth-order valence-electron chi connectivity index (χ4n) is 4.07. The lowest BCUT2D eigenvalue weighted by Crippen LogP contribution is -2.57. The Labute approximate surface area is 128 Å². The number of carbonyl (C=O) groups excluding carboxylic acids is 3. The van der Waals surface area contributed by atoms with Crippen LogP contribution in [0.1, 0.15) is 13.3 Å². The molecule has 4 rings (SSSR count). The van der Waals surface area contributed by atoms with Crippen molar-refractivity contribution in [3.05, 3.63) is 23.3 Å². The van der Waals surface area contributed by atoms with Gasteiger partial charge in [0, 0.05) is 24.7 Å². The number of hydrogen-bond acceptors (Lipinski definition) is 6. The zero-order valence-corrected chi connectivity index (χ0v) is 12.7. The van der Waals surface area contributed by atoms with E-state index in [2.05, 4.69) is 0 Å². The van der Waals surface area contributed by atoms with Crippen LogP contribution in [-0.4, -0.2) is 38.2 Å². The Morgan fingerprint density at radius 1 is 1.00 bits per heavy atom. The van der Waals surface area contributed by atoms with Gasteiger partial charge in [0.15, 0.2) is 0 Å². The SMILES string of the molecule is COC(=O)C1=C(C(=O)OC)[C@H]2C=C[C@H]1[C@H]1C[C@H](OC(C)=O)[C@H]12. The second-order valence-electron chi connectivity index (χ2n) is 5.87. The van der Waals surface area contributed by atoms with Crippen molar-refractivity contribution in [3.8, 4) is 0 Å². The number of rotatable bonds is 3. The van der Waals surface area contributed by atoms with E-state index < -0.39 is 11.9 Å². The third-order valence-electron chi connectivity index (χ3n) is 4.91. The van der Waals surface area contributed by atoms with Crippen molar-refractivity contribution in [2.75, 3.05) is 14.2 Å². The Morgan fingerprint density at radius 3 is 2.09 bits per heavy atom. The summed E-state index contributed by atoms with van der Waals surface area (Å²) in [6.45, 7) is 1.38. The molecular weight excluding hydrogens is 288 g/mol. The van der Waals surface area contributed by atoms with E-state index in [0.29, 0.717) is 17.6 Å². The van der Waals surface area contributed by atoms with Gasteiger partial charge in [0.1, 0.15) is 6.10 Å².